The molecule has 6 nitrogen and oxygen atoms in total. The van der Waals surface area contributed by atoms with Gasteiger partial charge in [0.1, 0.15) is 5.69 Å². The van der Waals surface area contributed by atoms with Crippen LogP contribution in [-0.4, -0.2) is 27.3 Å². The number of aromatic nitrogens is 4. The van der Waals surface area contributed by atoms with E-state index in [0.717, 1.165) is 47.1 Å². The van der Waals surface area contributed by atoms with E-state index in [1.807, 2.05) is 64.1 Å². The Hall–Kier alpha value is -3.54. The Morgan fingerprint density at radius 3 is 2.30 bits per heavy atom. The first kappa shape index (κ1) is 25.7. The lowest BCUT2D eigenvalue weighted by Gasteiger charge is -2.09. The van der Waals surface area contributed by atoms with Crippen molar-refractivity contribution in [3.8, 4) is 17.1 Å². The second-order valence-electron chi connectivity index (χ2n) is 6.71. The normalized spacial score (nSPS) is 10.4. The first-order chi connectivity index (χ1) is 16.2. The number of allylic oxidation sites excluding steroid dienone is 1. The molecule has 2 aromatic carbocycles. The molecule has 0 saturated heterocycles. The standard InChI is InChI=1S/C23H22N4O2.2C2H6/c1-16-26-27-21(29-16)14-5-3-4-9-17-10-8-11-18(15-17)22-23(28-2)25-20-13-7-6-12-19(20)24-22;2*1-2/h4,6-13,15H,3,5,14H2,1-2H3;2*1-2H3/b9-4+;;. The molecule has 0 saturated carbocycles. The zero-order chi connectivity index (χ0) is 24.1. The van der Waals surface area contributed by atoms with Crippen molar-refractivity contribution >= 4 is 17.1 Å². The fourth-order valence-electron chi connectivity index (χ4n) is 3.13. The summed E-state index contributed by atoms with van der Waals surface area (Å²) in [5.74, 6) is 1.83. The van der Waals surface area contributed by atoms with E-state index in [1.54, 1.807) is 14.0 Å². The molecule has 0 aliphatic rings. The van der Waals surface area contributed by atoms with Crippen LogP contribution in [-0.2, 0) is 6.42 Å². The minimum Gasteiger partial charge on any atom is -0.479 e. The van der Waals surface area contributed by atoms with Crippen molar-refractivity contribution in [1.82, 2.24) is 20.2 Å². The van der Waals surface area contributed by atoms with Gasteiger partial charge in [-0.2, -0.15) is 0 Å². The second-order valence-corrected chi connectivity index (χ2v) is 6.71. The van der Waals surface area contributed by atoms with Crippen LogP contribution in [0.2, 0.25) is 0 Å². The number of aryl methyl sites for hydroxylation is 2. The van der Waals surface area contributed by atoms with Gasteiger partial charge in [0.25, 0.3) is 0 Å². The summed E-state index contributed by atoms with van der Waals surface area (Å²) in [4.78, 5) is 9.36. The molecule has 174 valence electrons. The van der Waals surface area contributed by atoms with Crippen LogP contribution in [0.3, 0.4) is 0 Å². The maximum absolute atomic E-state index is 5.49. The van der Waals surface area contributed by atoms with Gasteiger partial charge < -0.3 is 9.15 Å². The summed E-state index contributed by atoms with van der Waals surface area (Å²) < 4.78 is 10.9. The third-order valence-electron chi connectivity index (χ3n) is 4.53. The molecule has 2 aromatic heterocycles. The van der Waals surface area contributed by atoms with Gasteiger partial charge in [-0.15, -0.1) is 10.2 Å². The molecule has 0 atom stereocenters. The van der Waals surface area contributed by atoms with Gasteiger partial charge in [0.05, 0.1) is 18.1 Å². The molecule has 0 aliphatic heterocycles. The Morgan fingerprint density at radius 1 is 0.909 bits per heavy atom. The quantitative estimate of drug-likeness (QED) is 0.282. The summed E-state index contributed by atoms with van der Waals surface area (Å²) in [6, 6.07) is 16.0. The average molecular weight is 447 g/mol. The van der Waals surface area contributed by atoms with Gasteiger partial charge >= 0.3 is 0 Å². The van der Waals surface area contributed by atoms with Gasteiger partial charge in [0, 0.05) is 18.9 Å². The van der Waals surface area contributed by atoms with Crippen LogP contribution < -0.4 is 4.74 Å². The molecule has 4 rings (SSSR count). The lowest BCUT2D eigenvalue weighted by molar-refractivity contribution is 0.400. The monoisotopic (exact) mass is 446 g/mol. The third kappa shape index (κ3) is 7.24. The van der Waals surface area contributed by atoms with Gasteiger partial charge in [0.2, 0.25) is 17.7 Å². The van der Waals surface area contributed by atoms with Crippen molar-refractivity contribution < 1.29 is 9.15 Å². The van der Waals surface area contributed by atoms with Gasteiger partial charge in [-0.25, -0.2) is 9.97 Å². The summed E-state index contributed by atoms with van der Waals surface area (Å²) >= 11 is 0. The molecule has 0 spiro atoms. The van der Waals surface area contributed by atoms with Gasteiger partial charge in [-0.1, -0.05) is 70.2 Å². The lowest BCUT2D eigenvalue weighted by atomic mass is 10.1. The number of para-hydroxylation sites is 2. The molecule has 0 bridgehead atoms. The highest BCUT2D eigenvalue weighted by molar-refractivity contribution is 5.80. The number of nitrogens with zero attached hydrogens (tertiary/aromatic N) is 4. The number of rotatable bonds is 7. The Bertz CT molecular complexity index is 1150. The summed E-state index contributed by atoms with van der Waals surface area (Å²) in [6.45, 7) is 9.80. The zero-order valence-electron chi connectivity index (χ0n) is 20.5. The fourth-order valence-corrected chi connectivity index (χ4v) is 3.13. The molecule has 0 radical (unpaired) electrons. The highest BCUT2D eigenvalue weighted by Crippen LogP contribution is 2.29. The molecule has 6 heteroatoms. The highest BCUT2D eigenvalue weighted by Gasteiger charge is 2.11. The topological polar surface area (TPSA) is 73.9 Å². The van der Waals surface area contributed by atoms with E-state index in [9.17, 15) is 0 Å². The van der Waals surface area contributed by atoms with Crippen molar-refractivity contribution in [3.63, 3.8) is 0 Å². The predicted molar refractivity (Wildman–Crippen MR) is 135 cm³/mol. The Morgan fingerprint density at radius 2 is 1.64 bits per heavy atom. The maximum Gasteiger partial charge on any atom is 0.240 e. The van der Waals surface area contributed by atoms with E-state index < -0.39 is 0 Å². The van der Waals surface area contributed by atoms with E-state index in [2.05, 4.69) is 39.5 Å². The Labute approximate surface area is 196 Å². The minimum absolute atomic E-state index is 0.527. The number of hydrogen-bond donors (Lipinski definition) is 0. The molecule has 33 heavy (non-hydrogen) atoms. The van der Waals surface area contributed by atoms with Crippen LogP contribution in [0, 0.1) is 6.92 Å². The van der Waals surface area contributed by atoms with Crippen LogP contribution in [0.5, 0.6) is 5.88 Å². The molecule has 0 amide bonds. The molecular formula is C27H34N4O2. The van der Waals surface area contributed by atoms with E-state index in [4.69, 9.17) is 14.1 Å². The summed E-state index contributed by atoms with van der Waals surface area (Å²) in [6.07, 6.45) is 6.96. The minimum atomic E-state index is 0.527. The first-order valence-corrected chi connectivity index (χ1v) is 11.6. The molecule has 0 N–H and O–H groups in total. The summed E-state index contributed by atoms with van der Waals surface area (Å²) in [5.41, 5.74) is 4.49. The predicted octanol–water partition coefficient (Wildman–Crippen LogP) is 7.09. The molecule has 0 fully saturated rings. The largest absolute Gasteiger partial charge is 0.479 e. The van der Waals surface area contributed by atoms with Crippen molar-refractivity contribution in [1.29, 1.82) is 0 Å². The Balaban J connectivity index is 0.000000914. The Kier molecular flexibility index (Phi) is 10.7. The van der Waals surface area contributed by atoms with E-state index in [-0.39, 0.29) is 0 Å². The lowest BCUT2D eigenvalue weighted by Crippen LogP contribution is -1.96. The molecular weight excluding hydrogens is 412 g/mol. The molecule has 4 aromatic rings. The third-order valence-corrected chi connectivity index (χ3v) is 4.53. The van der Waals surface area contributed by atoms with Crippen LogP contribution in [0.4, 0.5) is 0 Å². The maximum atomic E-state index is 5.49. The number of unbranched alkanes of at least 4 members (excludes halogenated alkanes) is 1. The zero-order valence-corrected chi connectivity index (χ0v) is 20.5. The van der Waals surface area contributed by atoms with Crippen LogP contribution in [0.15, 0.2) is 59.0 Å². The smallest absolute Gasteiger partial charge is 0.240 e. The summed E-state index contributed by atoms with van der Waals surface area (Å²) in [7, 11) is 1.62. The molecule has 0 unspecified atom stereocenters. The average Bonchev–Trinajstić information content (AvgIpc) is 3.30. The van der Waals surface area contributed by atoms with Gasteiger partial charge in [-0.3, -0.25) is 0 Å². The number of methoxy groups -OCH3 is 1. The van der Waals surface area contributed by atoms with E-state index in [1.165, 1.54) is 0 Å². The van der Waals surface area contributed by atoms with Crippen molar-refractivity contribution in [2.24, 2.45) is 0 Å². The highest BCUT2D eigenvalue weighted by atomic mass is 16.5. The second kappa shape index (κ2) is 13.8. The van der Waals surface area contributed by atoms with Crippen LogP contribution in [0.25, 0.3) is 28.4 Å². The van der Waals surface area contributed by atoms with Crippen molar-refractivity contribution in [3.05, 3.63) is 72.0 Å². The van der Waals surface area contributed by atoms with Crippen LogP contribution in [0.1, 0.15) is 57.9 Å². The van der Waals surface area contributed by atoms with E-state index in [0.29, 0.717) is 17.7 Å². The number of ether oxygens (including phenoxy) is 1. The molecule has 0 aliphatic carbocycles. The van der Waals surface area contributed by atoms with Crippen molar-refractivity contribution in [2.45, 2.75) is 53.9 Å². The number of fused-ring (bicyclic) bond motifs is 1. The number of benzene rings is 2. The van der Waals surface area contributed by atoms with Gasteiger partial charge in [0.15, 0.2) is 0 Å². The molecule has 2 heterocycles. The first-order valence-electron chi connectivity index (χ1n) is 11.6. The summed E-state index contributed by atoms with van der Waals surface area (Å²) in [5, 5.41) is 7.87. The van der Waals surface area contributed by atoms with E-state index >= 15 is 0 Å². The van der Waals surface area contributed by atoms with Crippen molar-refractivity contribution in [2.75, 3.05) is 7.11 Å². The van der Waals surface area contributed by atoms with Gasteiger partial charge in [-0.05, 0) is 36.6 Å². The number of hydrogen-bond acceptors (Lipinski definition) is 6. The fraction of sp³-hybridized carbons (Fsp3) is 0.333. The SMILES string of the molecule is CC.CC.COc1nc2ccccc2nc1-c1cccc(/C=C/CCCc2nnc(C)o2)c1. The van der Waals surface area contributed by atoms with Crippen LogP contribution >= 0.6 is 0 Å².